The molecule has 1 aromatic rings. The third kappa shape index (κ3) is 31.5. The number of hydrogen-bond acceptors (Lipinski definition) is 2. The van der Waals surface area contributed by atoms with Crippen molar-refractivity contribution in [2.75, 3.05) is 0 Å². The summed E-state index contributed by atoms with van der Waals surface area (Å²) in [5, 5.41) is 0. The number of ether oxygens (including phenoxy) is 1. The Kier molecular flexibility index (Phi) is 79.7. The van der Waals surface area contributed by atoms with E-state index in [4.69, 9.17) is 32.6 Å². The van der Waals surface area contributed by atoms with E-state index < -0.39 is 0 Å². The summed E-state index contributed by atoms with van der Waals surface area (Å²) in [5.74, 6) is 5.77. The van der Waals surface area contributed by atoms with E-state index >= 15 is 0 Å². The van der Waals surface area contributed by atoms with Crippen LogP contribution in [0.25, 0.3) is 0 Å². The molecule has 0 N–H and O–H groups in total. The number of esters is 1. The van der Waals surface area contributed by atoms with E-state index in [0.29, 0.717) is 6.42 Å². The van der Waals surface area contributed by atoms with Gasteiger partial charge in [-0.15, -0.1) is 0 Å². The number of benzene rings is 1. The van der Waals surface area contributed by atoms with Crippen LogP contribution in [0.3, 0.4) is 0 Å². The molecule has 0 aliphatic carbocycles. The molecule has 0 spiro atoms. The van der Waals surface area contributed by atoms with Crippen molar-refractivity contribution in [1.82, 2.24) is 0 Å². The van der Waals surface area contributed by atoms with Crippen molar-refractivity contribution in [3.05, 3.63) is 75.8 Å². The van der Waals surface area contributed by atoms with Crippen LogP contribution in [0.5, 0.6) is 0 Å². The van der Waals surface area contributed by atoms with Gasteiger partial charge < -0.3 is 4.74 Å². The summed E-state index contributed by atoms with van der Waals surface area (Å²) >= 11 is 0. The number of carbonyl (C=O) groups is 1. The molecule has 2 radical (unpaired) electrons. The van der Waals surface area contributed by atoms with Crippen molar-refractivity contribution in [3.8, 4) is 11.8 Å². The zero-order chi connectivity index (χ0) is 21.8. The molecule has 1 aliphatic rings. The summed E-state index contributed by atoms with van der Waals surface area (Å²) in [6, 6.07) is 9.68. The van der Waals surface area contributed by atoms with E-state index in [1.54, 1.807) is 0 Å². The zero-order valence-electron chi connectivity index (χ0n) is 13.8. The minimum Gasteiger partial charge on any atom is 0 e. The monoisotopic (exact) mass is 472 g/mol. The van der Waals surface area contributed by atoms with Gasteiger partial charge in [0.05, 0.1) is 6.42 Å². The minimum atomic E-state index is -0.206. The Labute approximate surface area is 183 Å². The normalized spacial score (nSPS) is 10.3. The van der Waals surface area contributed by atoms with Gasteiger partial charge in [0.15, 0.2) is 6.10 Å². The van der Waals surface area contributed by atoms with Gasteiger partial charge in [0, 0.05) is 45.5 Å². The average Bonchev–Trinajstić information content (AvgIpc) is 3.21. The minimum absolute atomic E-state index is 0. The maximum absolute atomic E-state index is 10.8. The Bertz CT molecular complexity index is 587. The fourth-order valence-corrected chi connectivity index (χ4v) is 1.31. The maximum Gasteiger partial charge on any atom is 0 e. The second-order valence-corrected chi connectivity index (χ2v) is 3.15. The van der Waals surface area contributed by atoms with Crippen molar-refractivity contribution >= 4 is 5.97 Å². The molecule has 2 rings (SSSR count). The molecule has 1 aromatic carbocycles. The molecular weight excluding hydrogens is 462 g/mol. The third-order valence-electron chi connectivity index (χ3n) is 2.04. The number of hydrogen-bond donors (Lipinski definition) is 0. The van der Waals surface area contributed by atoms with E-state index in [-0.39, 0.29) is 45.6 Å². The van der Waals surface area contributed by atoms with Crippen LogP contribution in [0.15, 0.2) is 30.3 Å². The van der Waals surface area contributed by atoms with Crippen LogP contribution in [-0.2, 0) is 71.0 Å². The van der Waals surface area contributed by atoms with Gasteiger partial charge in [-0.2, -0.15) is 0 Å². The summed E-state index contributed by atoms with van der Waals surface area (Å²) in [6.07, 6.45) is 1.01. The SMILES string of the molecule is O=C1CCC(C#Cc2ccccc2)O1.[C-]#[O+].[C-]#[O+].[C-]#[O+].[C-]#[O+].[C-]#[O+].[C-]#[O+].[Co].[Co]. The molecule has 28 heavy (non-hydrogen) atoms. The van der Waals surface area contributed by atoms with Crippen molar-refractivity contribution in [2.45, 2.75) is 18.9 Å². The molecule has 1 saturated heterocycles. The first-order valence-corrected chi connectivity index (χ1v) is 5.83. The molecule has 1 atom stereocenters. The van der Waals surface area contributed by atoms with Gasteiger partial charge in [0.25, 0.3) is 0 Å². The Hall–Kier alpha value is -2.30. The predicted octanol–water partition coefficient (Wildman–Crippen LogP) is 1.51. The molecule has 0 saturated carbocycles. The molecule has 1 unspecified atom stereocenters. The van der Waals surface area contributed by atoms with Gasteiger partial charge in [0.1, 0.15) is 0 Å². The number of rotatable bonds is 0. The van der Waals surface area contributed by atoms with Crippen molar-refractivity contribution < 1.29 is 71.0 Å². The third-order valence-corrected chi connectivity index (χ3v) is 2.04. The Balaban J connectivity index is -0.0000000547. The summed E-state index contributed by atoms with van der Waals surface area (Å²) in [5.41, 5.74) is 0.954. The molecule has 0 aromatic heterocycles. The summed E-state index contributed by atoms with van der Waals surface area (Å²) in [7, 11) is 0. The van der Waals surface area contributed by atoms with Crippen LogP contribution in [-0.4, -0.2) is 12.1 Å². The summed E-state index contributed by atoms with van der Waals surface area (Å²) in [6.45, 7) is 27.0. The smallest absolute Gasteiger partial charge is 0 e. The van der Waals surface area contributed by atoms with Gasteiger partial charge in [-0.05, 0) is 12.1 Å². The average molecular weight is 472 g/mol. The first kappa shape index (κ1) is 44.8. The van der Waals surface area contributed by atoms with Gasteiger partial charge in [0.2, 0.25) is 0 Å². The molecule has 1 heterocycles. The Morgan fingerprint density at radius 3 is 1.50 bits per heavy atom. The summed E-state index contributed by atoms with van der Waals surface area (Å²) < 4.78 is 50.0. The Morgan fingerprint density at radius 1 is 0.786 bits per heavy atom. The first-order valence-electron chi connectivity index (χ1n) is 5.83. The van der Waals surface area contributed by atoms with Crippen molar-refractivity contribution in [1.29, 1.82) is 0 Å². The van der Waals surface area contributed by atoms with Crippen LogP contribution >= 0.6 is 0 Å². The Morgan fingerprint density at radius 2 is 1.18 bits per heavy atom. The molecule has 0 bridgehead atoms. The van der Waals surface area contributed by atoms with Crippen LogP contribution in [0, 0.1) is 51.7 Å². The van der Waals surface area contributed by atoms with E-state index in [1.807, 2.05) is 30.3 Å². The zero-order valence-corrected chi connectivity index (χ0v) is 15.9. The van der Waals surface area contributed by atoms with E-state index in [2.05, 4.69) is 51.7 Å². The molecule has 1 aliphatic heterocycles. The quantitative estimate of drug-likeness (QED) is 0.244. The van der Waals surface area contributed by atoms with Crippen molar-refractivity contribution in [3.63, 3.8) is 0 Å². The molecule has 1 fully saturated rings. The topological polar surface area (TPSA) is 146 Å². The molecule has 8 nitrogen and oxygen atoms in total. The molecule has 148 valence electrons. The molecular formula is C18H10Co2O8. The second kappa shape index (κ2) is 49.7. The van der Waals surface area contributed by atoms with Crippen LogP contribution in [0.1, 0.15) is 18.4 Å². The van der Waals surface area contributed by atoms with Crippen LogP contribution in [0.4, 0.5) is 0 Å². The number of carbonyl (C=O) groups excluding carboxylic acids is 1. The molecule has 10 heteroatoms. The van der Waals surface area contributed by atoms with Crippen molar-refractivity contribution in [2.24, 2.45) is 0 Å². The standard InChI is InChI=1S/C12H10O2.6CO.2Co/c13-12-9-8-11(14-12)7-6-10-4-2-1-3-5-10;6*1-2;;/h1-5,11H,8-9H2;;;;;;;;. The van der Waals surface area contributed by atoms with E-state index in [9.17, 15) is 4.79 Å². The summed E-state index contributed by atoms with van der Waals surface area (Å²) in [4.78, 5) is 10.8. The molecule has 0 amide bonds. The van der Waals surface area contributed by atoms with Gasteiger partial charge in [-0.3, -0.25) is 4.79 Å². The van der Waals surface area contributed by atoms with Gasteiger partial charge in [-0.25, -0.2) is 0 Å². The fraction of sp³-hybridized carbons (Fsp3) is 0.167. The van der Waals surface area contributed by atoms with Gasteiger partial charge >= 0.3 is 73.8 Å². The van der Waals surface area contributed by atoms with Crippen LogP contribution < -0.4 is 0 Å². The number of cyclic esters (lactones) is 1. The maximum atomic E-state index is 10.8. The largest absolute Gasteiger partial charge is 0 e. The fourth-order valence-electron chi connectivity index (χ4n) is 1.31. The van der Waals surface area contributed by atoms with Gasteiger partial charge in [-0.1, -0.05) is 30.0 Å². The van der Waals surface area contributed by atoms with E-state index in [0.717, 1.165) is 12.0 Å². The van der Waals surface area contributed by atoms with Crippen LogP contribution in [0.2, 0.25) is 0 Å². The first-order chi connectivity index (χ1) is 12.8. The second-order valence-electron chi connectivity index (χ2n) is 3.15. The predicted molar refractivity (Wildman–Crippen MR) is 76.0 cm³/mol. The van der Waals surface area contributed by atoms with E-state index in [1.165, 1.54) is 0 Å².